The van der Waals surface area contributed by atoms with Crippen molar-refractivity contribution in [3.63, 3.8) is 0 Å². The molecule has 0 saturated heterocycles. The second-order valence-electron chi connectivity index (χ2n) is 2.47. The van der Waals surface area contributed by atoms with Crippen molar-refractivity contribution in [1.29, 1.82) is 5.26 Å². The topological polar surface area (TPSA) is 23.8 Å². The molecule has 1 aliphatic carbocycles. The maximum atomic E-state index is 8.30. The van der Waals surface area contributed by atoms with Crippen molar-refractivity contribution in [3.8, 4) is 6.07 Å². The third kappa shape index (κ3) is 1.03. The Morgan fingerprint density at radius 2 is 2.25 bits per heavy atom. The van der Waals surface area contributed by atoms with Gasteiger partial charge in [-0.05, 0) is 18.3 Å². The molecule has 2 heteroatoms. The van der Waals surface area contributed by atoms with Crippen LogP contribution in [0.2, 0.25) is 0 Å². The first-order valence-electron chi connectivity index (χ1n) is 2.76. The lowest BCUT2D eigenvalue weighted by Crippen LogP contribution is -1.98. The van der Waals surface area contributed by atoms with E-state index in [9.17, 15) is 0 Å². The van der Waals surface area contributed by atoms with Gasteiger partial charge in [0, 0.05) is 11.8 Å². The third-order valence-corrected chi connectivity index (χ3v) is 2.88. The highest BCUT2D eigenvalue weighted by atomic mass is 79.9. The van der Waals surface area contributed by atoms with E-state index in [0.717, 1.165) is 11.8 Å². The van der Waals surface area contributed by atoms with Crippen LogP contribution in [0.5, 0.6) is 0 Å². The van der Waals surface area contributed by atoms with Crippen LogP contribution in [-0.2, 0) is 0 Å². The fraction of sp³-hybridized carbons (Fsp3) is 0.833. The van der Waals surface area contributed by atoms with Gasteiger partial charge in [-0.15, -0.1) is 0 Å². The quantitative estimate of drug-likeness (QED) is 0.588. The minimum absolute atomic E-state index is 0.398. The van der Waals surface area contributed by atoms with Crippen LogP contribution in [0.1, 0.15) is 19.3 Å². The lowest BCUT2D eigenvalue weighted by Gasteiger charge is -2.01. The molecule has 0 bridgehead atoms. The van der Waals surface area contributed by atoms with Crippen molar-refractivity contribution in [1.82, 2.24) is 0 Å². The summed E-state index contributed by atoms with van der Waals surface area (Å²) in [5.41, 5.74) is 0.398. The highest BCUT2D eigenvalue weighted by Gasteiger charge is 2.40. The Labute approximate surface area is 57.8 Å². The molecule has 0 N–H and O–H groups in total. The monoisotopic (exact) mass is 173 g/mol. The van der Waals surface area contributed by atoms with Crippen molar-refractivity contribution in [2.24, 2.45) is 5.41 Å². The summed E-state index contributed by atoms with van der Waals surface area (Å²) in [7, 11) is 0. The predicted octanol–water partition coefficient (Wildman–Crippen LogP) is 2.08. The van der Waals surface area contributed by atoms with Crippen LogP contribution >= 0.6 is 15.9 Å². The normalized spacial score (nSPS) is 22.0. The molecule has 0 aromatic heterocycles. The van der Waals surface area contributed by atoms with Crippen molar-refractivity contribution >= 4 is 15.9 Å². The number of halogens is 1. The van der Waals surface area contributed by atoms with E-state index in [4.69, 9.17) is 5.26 Å². The second kappa shape index (κ2) is 2.06. The van der Waals surface area contributed by atoms with E-state index < -0.39 is 0 Å². The molecule has 1 aliphatic rings. The van der Waals surface area contributed by atoms with Gasteiger partial charge in [-0.1, -0.05) is 15.9 Å². The highest BCUT2D eigenvalue weighted by Crippen LogP contribution is 2.49. The van der Waals surface area contributed by atoms with Crippen LogP contribution in [0.3, 0.4) is 0 Å². The first-order valence-corrected chi connectivity index (χ1v) is 3.88. The van der Waals surface area contributed by atoms with E-state index >= 15 is 0 Å². The minimum Gasteiger partial charge on any atom is -0.198 e. The van der Waals surface area contributed by atoms with Gasteiger partial charge in [-0.2, -0.15) is 5.26 Å². The van der Waals surface area contributed by atoms with Crippen molar-refractivity contribution in [3.05, 3.63) is 0 Å². The number of hydrogen-bond acceptors (Lipinski definition) is 1. The Bertz CT molecular complexity index is 121. The zero-order chi connectivity index (χ0) is 6.04. The molecule has 0 aromatic rings. The van der Waals surface area contributed by atoms with Gasteiger partial charge < -0.3 is 0 Å². The standard InChI is InChI=1S/C6H8BrN/c7-5-6(1-2-6)3-4-8/h1-3,5H2. The van der Waals surface area contributed by atoms with Gasteiger partial charge in [0.05, 0.1) is 6.07 Å². The smallest absolute Gasteiger partial charge is 0.0627 e. The first kappa shape index (κ1) is 6.10. The summed E-state index contributed by atoms with van der Waals surface area (Å²) in [6, 6.07) is 2.19. The summed E-state index contributed by atoms with van der Waals surface area (Å²) in [6.45, 7) is 0. The lowest BCUT2D eigenvalue weighted by molar-refractivity contribution is 0.609. The van der Waals surface area contributed by atoms with Crippen LogP contribution in [-0.4, -0.2) is 5.33 Å². The molecule has 0 aromatic carbocycles. The summed E-state index contributed by atoms with van der Waals surface area (Å²) < 4.78 is 0. The van der Waals surface area contributed by atoms with Crippen LogP contribution in [0.15, 0.2) is 0 Å². The van der Waals surface area contributed by atoms with Crippen LogP contribution < -0.4 is 0 Å². The van der Waals surface area contributed by atoms with Gasteiger partial charge in [-0.25, -0.2) is 0 Å². The molecule has 0 aliphatic heterocycles. The molecule has 1 nitrogen and oxygen atoms in total. The van der Waals surface area contributed by atoms with Gasteiger partial charge >= 0.3 is 0 Å². The Morgan fingerprint density at radius 3 is 2.38 bits per heavy atom. The number of rotatable bonds is 2. The SMILES string of the molecule is N#CCC1(CBr)CC1. The molecular weight excluding hydrogens is 166 g/mol. The zero-order valence-electron chi connectivity index (χ0n) is 4.65. The zero-order valence-corrected chi connectivity index (χ0v) is 6.24. The van der Waals surface area contributed by atoms with E-state index in [0.29, 0.717) is 5.41 Å². The molecular formula is C6H8BrN. The van der Waals surface area contributed by atoms with Gasteiger partial charge in [-0.3, -0.25) is 0 Å². The predicted molar refractivity (Wildman–Crippen MR) is 35.7 cm³/mol. The molecule has 0 radical (unpaired) electrons. The molecule has 0 amide bonds. The first-order chi connectivity index (χ1) is 3.83. The summed E-state index contributed by atoms with van der Waals surface area (Å²) in [6.07, 6.45) is 3.22. The van der Waals surface area contributed by atoms with Gasteiger partial charge in [0.2, 0.25) is 0 Å². The van der Waals surface area contributed by atoms with Gasteiger partial charge in [0.15, 0.2) is 0 Å². The molecule has 1 saturated carbocycles. The second-order valence-corrected chi connectivity index (χ2v) is 3.03. The van der Waals surface area contributed by atoms with Gasteiger partial charge in [0.1, 0.15) is 0 Å². The average Bonchev–Trinajstić information content (AvgIpc) is 2.50. The van der Waals surface area contributed by atoms with Crippen molar-refractivity contribution in [2.45, 2.75) is 19.3 Å². The molecule has 0 heterocycles. The van der Waals surface area contributed by atoms with E-state index in [1.807, 2.05) is 0 Å². The Hall–Kier alpha value is -0.0300. The molecule has 0 unspecified atom stereocenters. The molecule has 0 spiro atoms. The van der Waals surface area contributed by atoms with E-state index in [-0.39, 0.29) is 0 Å². The van der Waals surface area contributed by atoms with Crippen molar-refractivity contribution in [2.75, 3.05) is 5.33 Å². The van der Waals surface area contributed by atoms with Gasteiger partial charge in [0.25, 0.3) is 0 Å². The minimum atomic E-state index is 0.398. The lowest BCUT2D eigenvalue weighted by atomic mass is 10.1. The summed E-state index contributed by atoms with van der Waals surface area (Å²) >= 11 is 3.38. The highest BCUT2D eigenvalue weighted by molar-refractivity contribution is 9.09. The number of nitriles is 1. The third-order valence-electron chi connectivity index (χ3n) is 1.69. The van der Waals surface area contributed by atoms with E-state index in [1.54, 1.807) is 0 Å². The number of alkyl halides is 1. The van der Waals surface area contributed by atoms with Crippen molar-refractivity contribution < 1.29 is 0 Å². The molecule has 1 fully saturated rings. The Morgan fingerprint density at radius 1 is 1.62 bits per heavy atom. The largest absolute Gasteiger partial charge is 0.198 e. The molecule has 1 rings (SSSR count). The number of hydrogen-bond donors (Lipinski definition) is 0. The Balaban J connectivity index is 2.33. The van der Waals surface area contributed by atoms with Crippen LogP contribution in [0, 0.1) is 16.7 Å². The maximum absolute atomic E-state index is 8.30. The average molecular weight is 174 g/mol. The Kier molecular flexibility index (Phi) is 1.57. The fourth-order valence-electron chi connectivity index (χ4n) is 0.702. The summed E-state index contributed by atoms with van der Waals surface area (Å²) in [5, 5.41) is 9.31. The van der Waals surface area contributed by atoms with E-state index in [2.05, 4.69) is 22.0 Å². The van der Waals surface area contributed by atoms with E-state index in [1.165, 1.54) is 12.8 Å². The van der Waals surface area contributed by atoms with Crippen LogP contribution in [0.4, 0.5) is 0 Å². The fourth-order valence-corrected chi connectivity index (χ4v) is 1.46. The number of nitrogens with zero attached hydrogens (tertiary/aromatic N) is 1. The van der Waals surface area contributed by atoms with Crippen LogP contribution in [0.25, 0.3) is 0 Å². The summed E-state index contributed by atoms with van der Waals surface area (Å²) in [4.78, 5) is 0. The molecule has 0 atom stereocenters. The molecule has 44 valence electrons. The summed E-state index contributed by atoms with van der Waals surface area (Å²) in [5.74, 6) is 0. The molecule has 8 heavy (non-hydrogen) atoms. The maximum Gasteiger partial charge on any atom is 0.0627 e.